The number of rotatable bonds is 8. The molecule has 1 heteroatoms. The summed E-state index contributed by atoms with van der Waals surface area (Å²) in [4.78, 5) is 2.59. The third kappa shape index (κ3) is 6.59. The van der Waals surface area contributed by atoms with Crippen molar-refractivity contribution in [2.45, 2.75) is 127 Å². The Morgan fingerprint density at radius 2 is 1.14 bits per heavy atom. The molecule has 0 radical (unpaired) electrons. The molecule has 59 heavy (non-hydrogen) atoms. The zero-order valence-corrected chi connectivity index (χ0v) is 35.4. The first-order valence-electron chi connectivity index (χ1n) is 23.5. The molecule has 5 aliphatic rings. The van der Waals surface area contributed by atoms with Crippen LogP contribution in [0.15, 0.2) is 133 Å². The normalized spacial score (nSPS) is 22.3. The molecule has 0 spiro atoms. The zero-order valence-electron chi connectivity index (χ0n) is 35.4. The van der Waals surface area contributed by atoms with Crippen LogP contribution in [0.25, 0.3) is 33.4 Å². The predicted molar refractivity (Wildman–Crippen MR) is 249 cm³/mol. The maximum absolute atomic E-state index is 2.59. The molecular formula is C58H61N. The van der Waals surface area contributed by atoms with Crippen LogP contribution in [-0.2, 0) is 5.41 Å². The van der Waals surface area contributed by atoms with Gasteiger partial charge in [-0.15, -0.1) is 0 Å². The number of fused-ring (bicyclic) bond motifs is 5. The van der Waals surface area contributed by atoms with Gasteiger partial charge in [-0.2, -0.15) is 0 Å². The van der Waals surface area contributed by atoms with Crippen LogP contribution in [0.5, 0.6) is 0 Å². The maximum atomic E-state index is 2.59. The summed E-state index contributed by atoms with van der Waals surface area (Å²) < 4.78 is 0. The second-order valence-corrected chi connectivity index (χ2v) is 19.7. The minimum Gasteiger partial charge on any atom is -0.310 e. The van der Waals surface area contributed by atoms with E-state index in [0.717, 1.165) is 23.7 Å². The van der Waals surface area contributed by atoms with E-state index in [9.17, 15) is 0 Å². The Morgan fingerprint density at radius 3 is 1.86 bits per heavy atom. The van der Waals surface area contributed by atoms with Crippen LogP contribution < -0.4 is 4.90 Å². The van der Waals surface area contributed by atoms with Crippen molar-refractivity contribution in [1.29, 1.82) is 0 Å². The molecule has 6 aromatic rings. The summed E-state index contributed by atoms with van der Waals surface area (Å²) in [7, 11) is 0. The van der Waals surface area contributed by atoms with E-state index in [1.807, 2.05) is 0 Å². The van der Waals surface area contributed by atoms with Gasteiger partial charge in [-0.05, 0) is 161 Å². The first kappa shape index (κ1) is 37.1. The van der Waals surface area contributed by atoms with Crippen LogP contribution in [0.4, 0.5) is 17.1 Å². The summed E-state index contributed by atoms with van der Waals surface area (Å²) in [5.41, 5.74) is 19.2. The van der Waals surface area contributed by atoms with Gasteiger partial charge in [0.05, 0.1) is 5.69 Å². The predicted octanol–water partition coefficient (Wildman–Crippen LogP) is 16.8. The highest BCUT2D eigenvalue weighted by molar-refractivity contribution is 5.95. The Hall–Kier alpha value is -4.88. The monoisotopic (exact) mass is 771 g/mol. The number of benzene rings is 6. The fourth-order valence-electron chi connectivity index (χ4n) is 12.9. The highest BCUT2D eigenvalue weighted by Crippen LogP contribution is 2.56. The molecule has 3 unspecified atom stereocenters. The van der Waals surface area contributed by atoms with E-state index in [1.54, 1.807) is 5.56 Å². The molecule has 2 bridgehead atoms. The molecule has 11 rings (SSSR count). The molecule has 0 heterocycles. The van der Waals surface area contributed by atoms with E-state index in [-0.39, 0.29) is 5.41 Å². The summed E-state index contributed by atoms with van der Waals surface area (Å²) in [5.74, 6) is 3.89. The van der Waals surface area contributed by atoms with E-state index < -0.39 is 0 Å². The lowest BCUT2D eigenvalue weighted by Gasteiger charge is -2.31. The Morgan fingerprint density at radius 1 is 0.475 bits per heavy atom. The molecule has 0 N–H and O–H groups in total. The molecule has 298 valence electrons. The van der Waals surface area contributed by atoms with Gasteiger partial charge >= 0.3 is 0 Å². The average Bonchev–Trinajstić information content (AvgIpc) is 4.00. The second kappa shape index (κ2) is 15.3. The van der Waals surface area contributed by atoms with Crippen molar-refractivity contribution in [1.82, 2.24) is 0 Å². The summed E-state index contributed by atoms with van der Waals surface area (Å²) in [5, 5.41) is 0. The molecule has 4 saturated carbocycles. The topological polar surface area (TPSA) is 3.24 Å². The van der Waals surface area contributed by atoms with Gasteiger partial charge in [0.2, 0.25) is 0 Å². The Labute approximate surface area is 353 Å². The molecule has 0 amide bonds. The van der Waals surface area contributed by atoms with Gasteiger partial charge in [-0.3, -0.25) is 0 Å². The summed E-state index contributed by atoms with van der Waals surface area (Å²) >= 11 is 0. The van der Waals surface area contributed by atoms with E-state index >= 15 is 0 Å². The van der Waals surface area contributed by atoms with Crippen molar-refractivity contribution in [3.63, 3.8) is 0 Å². The van der Waals surface area contributed by atoms with Gasteiger partial charge in [-0.25, -0.2) is 0 Å². The standard InChI is InChI=1S/C58H61N/c1-58(2)54-22-13-21-49(43-28-26-41(27-29-43)40-14-5-3-6-15-40)57(54)52-35-34-47(38-55(52)58)59(46-32-30-44(31-33-46)53-37-39-24-25-45(53)36-39)56-23-12-11-20-51(56)50-19-10-9-18-48(50)42-16-7-4-8-17-42/h9-13,18-23,26-35,38-40,42,45,53H,3-8,14-17,24-25,36-37H2,1-2H3. The van der Waals surface area contributed by atoms with Crippen LogP contribution in [0.3, 0.4) is 0 Å². The zero-order chi connectivity index (χ0) is 39.5. The summed E-state index contributed by atoms with van der Waals surface area (Å²) in [6.07, 6.45) is 19.1. The third-order valence-electron chi connectivity index (χ3n) is 16.0. The molecule has 5 aliphatic carbocycles. The van der Waals surface area contributed by atoms with Crippen molar-refractivity contribution >= 4 is 17.1 Å². The van der Waals surface area contributed by atoms with Crippen molar-refractivity contribution < 1.29 is 0 Å². The van der Waals surface area contributed by atoms with Crippen molar-refractivity contribution in [2.24, 2.45) is 11.8 Å². The van der Waals surface area contributed by atoms with Gasteiger partial charge in [0.15, 0.2) is 0 Å². The fourth-order valence-corrected chi connectivity index (χ4v) is 12.9. The highest BCUT2D eigenvalue weighted by atomic mass is 15.1. The van der Waals surface area contributed by atoms with Gasteiger partial charge in [0.1, 0.15) is 0 Å². The molecule has 0 aromatic heterocycles. The van der Waals surface area contributed by atoms with Crippen molar-refractivity contribution in [3.8, 4) is 33.4 Å². The Bertz CT molecular complexity index is 2460. The molecule has 4 fully saturated rings. The van der Waals surface area contributed by atoms with E-state index in [2.05, 4.69) is 152 Å². The molecule has 6 aromatic carbocycles. The van der Waals surface area contributed by atoms with Gasteiger partial charge in [-0.1, -0.05) is 162 Å². The SMILES string of the molecule is CC1(C)c2cc(N(c3ccc(C4CC5CCC4C5)cc3)c3ccccc3-c3ccccc3C3CCCCC3)ccc2-c2c(-c3ccc(C4CCCCC4)cc3)cccc21. The Balaban J connectivity index is 1.02. The lowest BCUT2D eigenvalue weighted by Crippen LogP contribution is -2.17. The third-order valence-corrected chi connectivity index (χ3v) is 16.0. The van der Waals surface area contributed by atoms with E-state index in [4.69, 9.17) is 0 Å². The molecule has 0 saturated heterocycles. The van der Waals surface area contributed by atoms with Crippen LogP contribution in [-0.4, -0.2) is 0 Å². The van der Waals surface area contributed by atoms with Crippen LogP contribution in [0.2, 0.25) is 0 Å². The number of nitrogens with zero attached hydrogens (tertiary/aromatic N) is 1. The lowest BCUT2D eigenvalue weighted by atomic mass is 9.80. The number of hydrogen-bond acceptors (Lipinski definition) is 1. The van der Waals surface area contributed by atoms with E-state index in [0.29, 0.717) is 5.92 Å². The Kier molecular flexibility index (Phi) is 9.63. The molecule has 1 nitrogen and oxygen atoms in total. The van der Waals surface area contributed by atoms with Crippen LogP contribution in [0.1, 0.15) is 149 Å². The average molecular weight is 772 g/mol. The lowest BCUT2D eigenvalue weighted by molar-refractivity contribution is 0.420. The van der Waals surface area contributed by atoms with Crippen LogP contribution >= 0.6 is 0 Å². The van der Waals surface area contributed by atoms with E-state index in [1.165, 1.54) is 163 Å². The summed E-state index contributed by atoms with van der Waals surface area (Å²) in [6, 6.07) is 52.5. The smallest absolute Gasteiger partial charge is 0.0540 e. The minimum atomic E-state index is -0.136. The van der Waals surface area contributed by atoms with Gasteiger partial charge in [0.25, 0.3) is 0 Å². The quantitative estimate of drug-likeness (QED) is 0.149. The van der Waals surface area contributed by atoms with Gasteiger partial charge in [0, 0.05) is 22.4 Å². The van der Waals surface area contributed by atoms with Crippen molar-refractivity contribution in [2.75, 3.05) is 4.90 Å². The second-order valence-electron chi connectivity index (χ2n) is 19.7. The minimum absolute atomic E-state index is 0.136. The summed E-state index contributed by atoms with van der Waals surface area (Å²) in [6.45, 7) is 4.89. The number of para-hydroxylation sites is 1. The van der Waals surface area contributed by atoms with Crippen LogP contribution in [0, 0.1) is 11.8 Å². The number of anilines is 3. The van der Waals surface area contributed by atoms with Gasteiger partial charge < -0.3 is 4.90 Å². The largest absolute Gasteiger partial charge is 0.310 e. The molecule has 0 aliphatic heterocycles. The molecule has 3 atom stereocenters. The maximum Gasteiger partial charge on any atom is 0.0540 e. The first-order valence-corrected chi connectivity index (χ1v) is 23.5. The first-order chi connectivity index (χ1) is 29.0. The number of hydrogen-bond donors (Lipinski definition) is 0. The fraction of sp³-hybridized carbons (Fsp3) is 0.379. The van der Waals surface area contributed by atoms with Crippen molar-refractivity contribution in [3.05, 3.63) is 161 Å². The molecular weight excluding hydrogens is 711 g/mol. The highest BCUT2D eigenvalue weighted by Gasteiger charge is 2.41.